The van der Waals surface area contributed by atoms with Gasteiger partial charge in [-0.1, -0.05) is 57.5 Å². The van der Waals surface area contributed by atoms with E-state index in [2.05, 4.69) is 32.6 Å². The first-order valence-electron chi connectivity index (χ1n) is 11.2. The summed E-state index contributed by atoms with van der Waals surface area (Å²) >= 11 is 0. The molecule has 0 saturated carbocycles. The van der Waals surface area contributed by atoms with Crippen molar-refractivity contribution in [3.05, 3.63) is 54.1 Å². The molecule has 0 heterocycles. The zero-order chi connectivity index (χ0) is 23.9. The molecule has 0 aliphatic rings. The molecule has 32 heavy (non-hydrogen) atoms. The number of nitrogens with zero attached hydrogens (tertiary/aromatic N) is 2. The third-order valence-corrected chi connectivity index (χ3v) is 6.85. The monoisotopic (exact) mass is 462 g/mol. The van der Waals surface area contributed by atoms with Crippen molar-refractivity contribution in [3.63, 3.8) is 0 Å². The molecule has 0 fully saturated rings. The second kappa shape index (κ2) is 11.7. The molecule has 2 aromatic rings. The van der Waals surface area contributed by atoms with Crippen molar-refractivity contribution in [1.29, 1.82) is 0 Å². The number of aliphatic hydroxyl groups excluding tert-OH is 1. The normalized spacial score (nSPS) is 13.1. The van der Waals surface area contributed by atoms with Crippen molar-refractivity contribution in [2.45, 2.75) is 45.6 Å². The number of aryl methyl sites for hydroxylation is 1. The third-order valence-electron chi connectivity index (χ3n) is 5.06. The van der Waals surface area contributed by atoms with Gasteiger partial charge in [0.15, 0.2) is 0 Å². The van der Waals surface area contributed by atoms with E-state index in [0.29, 0.717) is 29.8 Å². The van der Waals surface area contributed by atoms with Crippen LogP contribution in [0.2, 0.25) is 0 Å². The minimum Gasteiger partial charge on any atom is -0.495 e. The summed E-state index contributed by atoms with van der Waals surface area (Å²) in [5.41, 5.74) is 1.39. The third kappa shape index (κ3) is 7.22. The van der Waals surface area contributed by atoms with E-state index in [1.165, 1.54) is 11.4 Å². The molecular weight excluding hydrogens is 424 g/mol. The Kier molecular flexibility index (Phi) is 9.55. The van der Waals surface area contributed by atoms with Gasteiger partial charge in [-0.2, -0.15) is 0 Å². The van der Waals surface area contributed by atoms with Crippen LogP contribution in [0.15, 0.2) is 53.4 Å². The number of methoxy groups -OCH3 is 1. The molecule has 0 spiro atoms. The lowest BCUT2D eigenvalue weighted by Crippen LogP contribution is -2.44. The number of hydrogen-bond donors (Lipinski definition) is 1. The summed E-state index contributed by atoms with van der Waals surface area (Å²) in [5, 5.41) is 11.0. The van der Waals surface area contributed by atoms with Crippen LogP contribution in [0.3, 0.4) is 0 Å². The highest BCUT2D eigenvalue weighted by atomic mass is 32.2. The highest BCUT2D eigenvalue weighted by molar-refractivity contribution is 7.92. The van der Waals surface area contributed by atoms with Gasteiger partial charge in [0.05, 0.1) is 30.3 Å². The Balaban J connectivity index is 2.39. The smallest absolute Gasteiger partial charge is 0.264 e. The number of sulfonamides is 1. The van der Waals surface area contributed by atoms with Gasteiger partial charge >= 0.3 is 0 Å². The van der Waals surface area contributed by atoms with Crippen molar-refractivity contribution in [2.75, 3.05) is 37.6 Å². The van der Waals surface area contributed by atoms with Crippen LogP contribution in [-0.4, -0.2) is 57.8 Å². The number of rotatable bonds is 12. The summed E-state index contributed by atoms with van der Waals surface area (Å²) in [7, 11) is -2.39. The average molecular weight is 463 g/mol. The van der Waals surface area contributed by atoms with Gasteiger partial charge in [-0.05, 0) is 43.0 Å². The average Bonchev–Trinajstić information content (AvgIpc) is 2.71. The molecule has 178 valence electrons. The highest BCUT2D eigenvalue weighted by Gasteiger charge is 2.30. The lowest BCUT2D eigenvalue weighted by molar-refractivity contribution is 0.104. The molecule has 0 bridgehead atoms. The first kappa shape index (κ1) is 26.2. The number of benzene rings is 2. The van der Waals surface area contributed by atoms with E-state index in [-0.39, 0.29) is 11.4 Å². The quantitative estimate of drug-likeness (QED) is 0.513. The van der Waals surface area contributed by atoms with Gasteiger partial charge in [0, 0.05) is 19.6 Å². The molecule has 1 atom stereocenters. The number of para-hydroxylation sites is 2. The van der Waals surface area contributed by atoms with Crippen LogP contribution in [0.4, 0.5) is 5.69 Å². The van der Waals surface area contributed by atoms with Gasteiger partial charge in [0.25, 0.3) is 10.0 Å². The molecular formula is C25H38N2O4S. The van der Waals surface area contributed by atoms with Crippen LogP contribution in [0.1, 0.15) is 33.3 Å². The maximum Gasteiger partial charge on any atom is 0.264 e. The van der Waals surface area contributed by atoms with Gasteiger partial charge in [0.2, 0.25) is 0 Å². The number of hydrogen-bond acceptors (Lipinski definition) is 5. The fourth-order valence-electron chi connectivity index (χ4n) is 3.80. The summed E-state index contributed by atoms with van der Waals surface area (Å²) in [6.07, 6.45) is -0.863. The number of aliphatic hydroxyl groups is 1. The van der Waals surface area contributed by atoms with E-state index in [0.717, 1.165) is 18.7 Å². The Labute approximate surface area is 193 Å². The lowest BCUT2D eigenvalue weighted by atomic mass is 10.1. The number of anilines is 1. The standard InChI is InChI=1S/C25H38N2O4S/c1-19(2)15-26(16-20(3)4)17-22(28)18-27(24-9-7-8-10-25(24)31-6)32(29,30)23-13-11-21(5)12-14-23/h7-14,19-20,22,28H,15-18H2,1-6H3/t22-/m1/s1. The zero-order valence-electron chi connectivity index (χ0n) is 20.2. The molecule has 2 rings (SSSR count). The van der Waals surface area contributed by atoms with E-state index in [4.69, 9.17) is 4.74 Å². The summed E-state index contributed by atoms with van der Waals surface area (Å²) in [6.45, 7) is 12.5. The van der Waals surface area contributed by atoms with Gasteiger partial charge in [-0.3, -0.25) is 4.31 Å². The largest absolute Gasteiger partial charge is 0.495 e. The van der Waals surface area contributed by atoms with Crippen LogP contribution in [-0.2, 0) is 10.0 Å². The molecule has 0 amide bonds. The summed E-state index contributed by atoms with van der Waals surface area (Å²) in [5.74, 6) is 1.33. The first-order valence-corrected chi connectivity index (χ1v) is 12.6. The Morgan fingerprint density at radius 2 is 1.44 bits per heavy atom. The van der Waals surface area contributed by atoms with E-state index in [1.807, 2.05) is 6.92 Å². The molecule has 0 aromatic heterocycles. The molecule has 2 aromatic carbocycles. The lowest BCUT2D eigenvalue weighted by Gasteiger charge is -2.32. The van der Waals surface area contributed by atoms with Crippen LogP contribution in [0.5, 0.6) is 5.75 Å². The fraction of sp³-hybridized carbons (Fsp3) is 0.520. The van der Waals surface area contributed by atoms with Gasteiger partial charge < -0.3 is 14.7 Å². The van der Waals surface area contributed by atoms with Crippen molar-refractivity contribution in [1.82, 2.24) is 4.90 Å². The van der Waals surface area contributed by atoms with Crippen LogP contribution >= 0.6 is 0 Å². The SMILES string of the molecule is COc1ccccc1N(C[C@H](O)CN(CC(C)C)CC(C)C)S(=O)(=O)c1ccc(C)cc1. The zero-order valence-corrected chi connectivity index (χ0v) is 21.0. The number of ether oxygens (including phenoxy) is 1. The van der Waals surface area contributed by atoms with Crippen LogP contribution < -0.4 is 9.04 Å². The molecule has 1 N–H and O–H groups in total. The fourth-order valence-corrected chi connectivity index (χ4v) is 5.32. The molecule has 0 saturated heterocycles. The van der Waals surface area contributed by atoms with E-state index >= 15 is 0 Å². The molecule has 0 unspecified atom stereocenters. The van der Waals surface area contributed by atoms with E-state index in [9.17, 15) is 13.5 Å². The van der Waals surface area contributed by atoms with Crippen LogP contribution in [0, 0.1) is 18.8 Å². The van der Waals surface area contributed by atoms with Crippen LogP contribution in [0.25, 0.3) is 0 Å². The van der Waals surface area contributed by atoms with Crippen molar-refractivity contribution in [3.8, 4) is 5.75 Å². The molecule has 0 aliphatic carbocycles. The molecule has 6 nitrogen and oxygen atoms in total. The molecule has 7 heteroatoms. The molecule has 0 aliphatic heterocycles. The maximum atomic E-state index is 13.6. The first-order chi connectivity index (χ1) is 15.0. The Hall–Kier alpha value is -2.09. The highest BCUT2D eigenvalue weighted by Crippen LogP contribution is 2.32. The summed E-state index contributed by atoms with van der Waals surface area (Å²) < 4.78 is 34.0. The van der Waals surface area contributed by atoms with Gasteiger partial charge in [-0.25, -0.2) is 8.42 Å². The Morgan fingerprint density at radius 1 is 0.875 bits per heavy atom. The molecule has 0 radical (unpaired) electrons. The predicted octanol–water partition coefficient (Wildman–Crippen LogP) is 4.17. The van der Waals surface area contributed by atoms with E-state index < -0.39 is 16.1 Å². The second-order valence-corrected chi connectivity index (χ2v) is 11.0. The minimum absolute atomic E-state index is 0.0662. The summed E-state index contributed by atoms with van der Waals surface area (Å²) in [6, 6.07) is 13.7. The topological polar surface area (TPSA) is 70.1 Å². The maximum absolute atomic E-state index is 13.6. The summed E-state index contributed by atoms with van der Waals surface area (Å²) in [4.78, 5) is 2.39. The Bertz CT molecular complexity index is 933. The van der Waals surface area contributed by atoms with Crippen molar-refractivity contribution >= 4 is 15.7 Å². The van der Waals surface area contributed by atoms with Crippen molar-refractivity contribution < 1.29 is 18.3 Å². The minimum atomic E-state index is -3.91. The predicted molar refractivity (Wildman–Crippen MR) is 131 cm³/mol. The second-order valence-electron chi connectivity index (χ2n) is 9.18. The van der Waals surface area contributed by atoms with E-state index in [1.54, 1.807) is 48.5 Å². The van der Waals surface area contributed by atoms with Crippen molar-refractivity contribution in [2.24, 2.45) is 11.8 Å². The Morgan fingerprint density at radius 3 is 1.97 bits per heavy atom. The van der Waals surface area contributed by atoms with Gasteiger partial charge in [0.1, 0.15) is 5.75 Å². The van der Waals surface area contributed by atoms with Gasteiger partial charge in [-0.15, -0.1) is 0 Å².